The summed E-state index contributed by atoms with van der Waals surface area (Å²) in [7, 11) is 0. The molecule has 0 radical (unpaired) electrons. The lowest BCUT2D eigenvalue weighted by atomic mass is 9.40. The van der Waals surface area contributed by atoms with Crippen LogP contribution in [0.3, 0.4) is 0 Å². The molecule has 3 nitrogen and oxygen atoms in total. The van der Waals surface area contributed by atoms with Crippen LogP contribution in [0.15, 0.2) is 24.3 Å². The zero-order valence-corrected chi connectivity index (χ0v) is 13.3. The molecular weight excluding hydrogens is 295 g/mol. The summed E-state index contributed by atoms with van der Waals surface area (Å²) in [6, 6.07) is 6.44. The normalized spacial score (nSPS) is 44.5. The molecule has 4 bridgehead atoms. The number of halogens is 1. The van der Waals surface area contributed by atoms with Gasteiger partial charge in [0.15, 0.2) is 0 Å². The fraction of sp³-hybridized carbons (Fsp3) is 0.632. The number of rotatable bonds is 3. The third-order valence-electron chi connectivity index (χ3n) is 7.21. The number of hydrogen-bond acceptors (Lipinski definition) is 2. The molecule has 1 aromatic carbocycles. The Bertz CT molecular complexity index is 603. The lowest BCUT2D eigenvalue weighted by Gasteiger charge is -2.65. The molecule has 0 spiro atoms. The molecule has 23 heavy (non-hydrogen) atoms. The second-order valence-corrected chi connectivity index (χ2v) is 8.07. The van der Waals surface area contributed by atoms with Crippen molar-refractivity contribution in [3.8, 4) is 0 Å². The number of carbonyl (C=O) groups is 1. The first-order chi connectivity index (χ1) is 10.8. The molecule has 0 unspecified atom stereocenters. The number of aliphatic carboxylic acids is 1. The summed E-state index contributed by atoms with van der Waals surface area (Å²) >= 11 is 0. The van der Waals surface area contributed by atoms with E-state index in [4.69, 9.17) is 0 Å². The number of carboxylic acid groups (broad SMARTS) is 1. The summed E-state index contributed by atoms with van der Waals surface area (Å²) in [4.78, 5) is 11.6. The zero-order valence-electron chi connectivity index (χ0n) is 13.3. The van der Waals surface area contributed by atoms with E-state index in [0.717, 1.165) is 31.2 Å². The van der Waals surface area contributed by atoms with E-state index in [-0.39, 0.29) is 35.9 Å². The molecule has 4 fully saturated rings. The molecule has 124 valence electrons. The number of benzene rings is 1. The molecule has 4 saturated carbocycles. The van der Waals surface area contributed by atoms with Gasteiger partial charge in [0.25, 0.3) is 0 Å². The quantitative estimate of drug-likeness (QED) is 0.898. The molecule has 0 atom stereocenters. The Hall–Kier alpha value is -1.42. The van der Waals surface area contributed by atoms with Crippen molar-refractivity contribution in [3.63, 3.8) is 0 Å². The minimum Gasteiger partial charge on any atom is -0.481 e. The van der Waals surface area contributed by atoms with Gasteiger partial charge in [0.05, 0.1) is 12.0 Å². The molecule has 0 aromatic heterocycles. The van der Waals surface area contributed by atoms with Crippen LogP contribution in [0.1, 0.15) is 44.6 Å². The molecule has 0 aliphatic heterocycles. The first kappa shape index (κ1) is 15.1. The van der Waals surface area contributed by atoms with Crippen molar-refractivity contribution >= 4 is 5.97 Å². The Labute approximate surface area is 135 Å². The van der Waals surface area contributed by atoms with Gasteiger partial charge in [-0.3, -0.25) is 4.79 Å². The van der Waals surface area contributed by atoms with Crippen molar-refractivity contribution in [2.45, 2.75) is 50.0 Å². The van der Waals surface area contributed by atoms with Gasteiger partial charge in [-0.15, -0.1) is 0 Å². The summed E-state index contributed by atoms with van der Waals surface area (Å²) in [5.41, 5.74) is -0.0384. The monoisotopic (exact) mass is 318 g/mol. The highest BCUT2D eigenvalue weighted by molar-refractivity contribution is 5.69. The van der Waals surface area contributed by atoms with Crippen LogP contribution in [0, 0.1) is 29.5 Å². The molecule has 1 aromatic rings. The van der Waals surface area contributed by atoms with Gasteiger partial charge in [-0.05, 0) is 74.0 Å². The first-order valence-corrected chi connectivity index (χ1v) is 8.54. The molecule has 4 aliphatic rings. The molecule has 0 heterocycles. The van der Waals surface area contributed by atoms with Crippen LogP contribution in [-0.2, 0) is 10.2 Å². The Morgan fingerprint density at radius 1 is 1.09 bits per heavy atom. The van der Waals surface area contributed by atoms with Gasteiger partial charge in [0, 0.05) is 5.41 Å². The Morgan fingerprint density at radius 3 is 2.00 bits per heavy atom. The summed E-state index contributed by atoms with van der Waals surface area (Å²) in [6.07, 6.45) is 3.63. The maximum absolute atomic E-state index is 13.4. The minimum absolute atomic E-state index is 0.107. The summed E-state index contributed by atoms with van der Waals surface area (Å²) in [5, 5.41) is 20.3. The van der Waals surface area contributed by atoms with Crippen molar-refractivity contribution in [1.29, 1.82) is 0 Å². The maximum atomic E-state index is 13.4. The van der Waals surface area contributed by atoms with Gasteiger partial charge >= 0.3 is 5.97 Å². The standard InChI is InChI=1S/C19H23FO3/c1-18(23)12-6-14-8-13(18)9-15(7-12)19(14,10-17(21)22)11-2-4-16(20)5-3-11/h2-5,12-15,23H,6-10H2,1H3,(H,21,22)/t12?,13?,14?,15?,18-,19-. The van der Waals surface area contributed by atoms with E-state index in [1.165, 1.54) is 12.1 Å². The van der Waals surface area contributed by atoms with Gasteiger partial charge in [0.2, 0.25) is 0 Å². The first-order valence-electron chi connectivity index (χ1n) is 8.54. The fourth-order valence-electron chi connectivity index (χ4n) is 6.09. The van der Waals surface area contributed by atoms with Gasteiger partial charge < -0.3 is 10.2 Å². The average Bonchev–Trinajstić information content (AvgIpc) is 2.45. The Balaban J connectivity index is 1.79. The third-order valence-corrected chi connectivity index (χ3v) is 7.21. The lowest BCUT2D eigenvalue weighted by molar-refractivity contribution is -0.195. The molecule has 4 aliphatic carbocycles. The van der Waals surface area contributed by atoms with Crippen LogP contribution in [-0.4, -0.2) is 21.8 Å². The van der Waals surface area contributed by atoms with E-state index in [1.807, 2.05) is 6.92 Å². The molecule has 2 N–H and O–H groups in total. The van der Waals surface area contributed by atoms with E-state index in [0.29, 0.717) is 0 Å². The smallest absolute Gasteiger partial charge is 0.304 e. The van der Waals surface area contributed by atoms with Crippen LogP contribution in [0.4, 0.5) is 4.39 Å². The van der Waals surface area contributed by atoms with E-state index in [9.17, 15) is 19.4 Å². The number of aliphatic hydroxyl groups is 1. The highest BCUT2D eigenvalue weighted by Crippen LogP contribution is 2.66. The van der Waals surface area contributed by atoms with Crippen molar-refractivity contribution in [1.82, 2.24) is 0 Å². The highest BCUT2D eigenvalue weighted by atomic mass is 19.1. The van der Waals surface area contributed by atoms with Crippen LogP contribution >= 0.6 is 0 Å². The van der Waals surface area contributed by atoms with Gasteiger partial charge in [0.1, 0.15) is 5.82 Å². The van der Waals surface area contributed by atoms with Crippen molar-refractivity contribution in [3.05, 3.63) is 35.6 Å². The van der Waals surface area contributed by atoms with Crippen LogP contribution in [0.25, 0.3) is 0 Å². The number of carboxylic acids is 1. The molecule has 0 amide bonds. The topological polar surface area (TPSA) is 57.5 Å². The van der Waals surface area contributed by atoms with Crippen molar-refractivity contribution in [2.75, 3.05) is 0 Å². The third kappa shape index (κ3) is 2.00. The van der Waals surface area contributed by atoms with Crippen LogP contribution in [0.2, 0.25) is 0 Å². The van der Waals surface area contributed by atoms with Crippen molar-refractivity contribution < 1.29 is 19.4 Å². The summed E-state index contributed by atoms with van der Waals surface area (Å²) in [6.45, 7) is 1.96. The summed E-state index contributed by atoms with van der Waals surface area (Å²) in [5.74, 6) is 0.0119. The highest BCUT2D eigenvalue weighted by Gasteiger charge is 2.64. The maximum Gasteiger partial charge on any atom is 0.304 e. The number of hydrogen-bond donors (Lipinski definition) is 2. The van der Waals surface area contributed by atoms with Gasteiger partial charge in [-0.25, -0.2) is 4.39 Å². The van der Waals surface area contributed by atoms with Crippen molar-refractivity contribution in [2.24, 2.45) is 23.7 Å². The predicted molar refractivity (Wildman–Crippen MR) is 83.4 cm³/mol. The zero-order chi connectivity index (χ0) is 16.4. The molecule has 4 heteroatoms. The molecule has 5 rings (SSSR count). The second-order valence-electron chi connectivity index (χ2n) is 8.07. The summed E-state index contributed by atoms with van der Waals surface area (Å²) < 4.78 is 13.4. The molecule has 0 saturated heterocycles. The second kappa shape index (κ2) is 4.79. The average molecular weight is 318 g/mol. The fourth-order valence-corrected chi connectivity index (χ4v) is 6.09. The van der Waals surface area contributed by atoms with E-state index in [2.05, 4.69) is 0 Å². The predicted octanol–water partition coefficient (Wildman–Crippen LogP) is 3.36. The van der Waals surface area contributed by atoms with Gasteiger partial charge in [-0.1, -0.05) is 12.1 Å². The van der Waals surface area contributed by atoms with Crippen LogP contribution in [0.5, 0.6) is 0 Å². The van der Waals surface area contributed by atoms with Gasteiger partial charge in [-0.2, -0.15) is 0 Å². The minimum atomic E-state index is -0.784. The van der Waals surface area contributed by atoms with E-state index < -0.39 is 17.0 Å². The van der Waals surface area contributed by atoms with E-state index in [1.54, 1.807) is 12.1 Å². The van der Waals surface area contributed by atoms with E-state index >= 15 is 0 Å². The SMILES string of the molecule is C[C@]1(O)C2CC3CC1CC(C2)[C@@]3(CC(=O)O)c1ccc(F)cc1. The largest absolute Gasteiger partial charge is 0.481 e. The molecular formula is C19H23FO3. The Kier molecular flexibility index (Phi) is 3.15. The lowest BCUT2D eigenvalue weighted by Crippen LogP contribution is -2.64. The Morgan fingerprint density at radius 2 is 1.57 bits per heavy atom. The van der Waals surface area contributed by atoms with Crippen LogP contribution < -0.4 is 0 Å².